The molecule has 0 bridgehead atoms. The molecule has 114 valence electrons. The molecule has 0 amide bonds. The molecule has 1 aromatic carbocycles. The van der Waals surface area contributed by atoms with E-state index in [9.17, 15) is 0 Å². The van der Waals surface area contributed by atoms with E-state index >= 15 is 0 Å². The largest absolute Gasteiger partial charge is 1.00 e. The zero-order chi connectivity index (χ0) is 13.8. The summed E-state index contributed by atoms with van der Waals surface area (Å²) in [5.74, 6) is 0.748. The molecule has 0 N–H and O–H groups in total. The molecule has 0 spiro atoms. The number of likely N-dealkylation sites (tertiary alicyclic amines) is 1. The highest BCUT2D eigenvalue weighted by molar-refractivity contribution is 5.82. The molecular formula is C17H22ClN2O-. The number of pyridine rings is 1. The van der Waals surface area contributed by atoms with Gasteiger partial charge in [0, 0.05) is 18.0 Å². The molecule has 3 rings (SSSR count). The van der Waals surface area contributed by atoms with Crippen molar-refractivity contribution < 1.29 is 17.1 Å². The van der Waals surface area contributed by atoms with Crippen molar-refractivity contribution in [2.24, 2.45) is 0 Å². The van der Waals surface area contributed by atoms with E-state index in [-0.39, 0.29) is 12.4 Å². The first-order valence-corrected chi connectivity index (χ1v) is 7.54. The van der Waals surface area contributed by atoms with E-state index in [4.69, 9.17) is 4.74 Å². The van der Waals surface area contributed by atoms with Crippen molar-refractivity contribution in [3.8, 4) is 5.88 Å². The number of aromatic nitrogens is 1. The van der Waals surface area contributed by atoms with Crippen LogP contribution in [-0.4, -0.2) is 36.1 Å². The Hall–Kier alpha value is -1.32. The summed E-state index contributed by atoms with van der Waals surface area (Å²) in [5, 5.41) is 1.20. The highest BCUT2D eigenvalue weighted by Crippen LogP contribution is 2.21. The summed E-state index contributed by atoms with van der Waals surface area (Å²) >= 11 is 0. The van der Waals surface area contributed by atoms with Crippen LogP contribution in [0.15, 0.2) is 30.3 Å². The molecule has 2 aromatic rings. The van der Waals surface area contributed by atoms with Gasteiger partial charge in [-0.05, 0) is 44.5 Å². The number of piperidine rings is 1. The summed E-state index contributed by atoms with van der Waals surface area (Å²) in [7, 11) is 0. The SMILES string of the molecule is Cc1cc(OCCN2CCCCC2)nc2ccccc12.[Cl-]. The molecule has 4 heteroatoms. The van der Waals surface area contributed by atoms with Gasteiger partial charge < -0.3 is 17.1 Å². The fourth-order valence-corrected chi connectivity index (χ4v) is 2.85. The Bertz CT molecular complexity index is 582. The number of aryl methyl sites for hydroxylation is 1. The van der Waals surface area contributed by atoms with Crippen LogP contribution in [0.2, 0.25) is 0 Å². The Kier molecular flexibility index (Phi) is 5.83. The Morgan fingerprint density at radius 1 is 1.14 bits per heavy atom. The van der Waals surface area contributed by atoms with Crippen LogP contribution in [0.4, 0.5) is 0 Å². The Balaban J connectivity index is 0.00000161. The first-order chi connectivity index (χ1) is 9.83. The Labute approximate surface area is 132 Å². The number of rotatable bonds is 4. The summed E-state index contributed by atoms with van der Waals surface area (Å²) < 4.78 is 5.84. The van der Waals surface area contributed by atoms with Crippen LogP contribution < -0.4 is 17.1 Å². The molecule has 1 aliphatic rings. The van der Waals surface area contributed by atoms with Gasteiger partial charge in [0.25, 0.3) is 0 Å². The lowest BCUT2D eigenvalue weighted by Crippen LogP contribution is -3.00. The topological polar surface area (TPSA) is 25.4 Å². The van der Waals surface area contributed by atoms with E-state index in [0.29, 0.717) is 0 Å². The minimum atomic E-state index is 0. The summed E-state index contributed by atoms with van der Waals surface area (Å²) in [5.41, 5.74) is 2.24. The quantitative estimate of drug-likeness (QED) is 0.818. The fraction of sp³-hybridized carbons (Fsp3) is 0.471. The van der Waals surface area contributed by atoms with Crippen molar-refractivity contribution in [3.63, 3.8) is 0 Å². The first-order valence-electron chi connectivity index (χ1n) is 7.54. The molecule has 1 fully saturated rings. The third-order valence-corrected chi connectivity index (χ3v) is 4.01. The Morgan fingerprint density at radius 2 is 1.90 bits per heavy atom. The first kappa shape index (κ1) is 16.1. The zero-order valence-electron chi connectivity index (χ0n) is 12.5. The normalized spacial score (nSPS) is 15.7. The lowest BCUT2D eigenvalue weighted by Gasteiger charge is -2.26. The van der Waals surface area contributed by atoms with Gasteiger partial charge in [0.05, 0.1) is 5.52 Å². The Morgan fingerprint density at radius 3 is 2.71 bits per heavy atom. The number of ether oxygens (including phenoxy) is 1. The van der Waals surface area contributed by atoms with Crippen LogP contribution in [0.5, 0.6) is 5.88 Å². The molecule has 0 saturated carbocycles. The van der Waals surface area contributed by atoms with Gasteiger partial charge in [0.15, 0.2) is 0 Å². The third kappa shape index (κ3) is 4.08. The molecular weight excluding hydrogens is 284 g/mol. The van der Waals surface area contributed by atoms with Crippen molar-refractivity contribution in [1.29, 1.82) is 0 Å². The average Bonchev–Trinajstić information content (AvgIpc) is 2.48. The van der Waals surface area contributed by atoms with Crippen molar-refractivity contribution in [2.45, 2.75) is 26.2 Å². The number of nitrogens with zero attached hydrogens (tertiary/aromatic N) is 2. The lowest BCUT2D eigenvalue weighted by molar-refractivity contribution is -0.00000481. The van der Waals surface area contributed by atoms with E-state index in [1.165, 1.54) is 43.3 Å². The standard InChI is InChI=1S/C17H22N2O.ClH/c1-14-13-17(18-16-8-4-3-7-15(14)16)20-12-11-19-9-5-2-6-10-19;/h3-4,7-8,13H,2,5-6,9-12H2,1H3;1H/p-1. The molecule has 1 saturated heterocycles. The summed E-state index contributed by atoms with van der Waals surface area (Å²) in [6, 6.07) is 10.3. The van der Waals surface area contributed by atoms with Crippen molar-refractivity contribution in [2.75, 3.05) is 26.2 Å². The van der Waals surface area contributed by atoms with E-state index in [0.717, 1.165) is 24.5 Å². The van der Waals surface area contributed by atoms with Crippen LogP contribution in [0.25, 0.3) is 10.9 Å². The highest BCUT2D eigenvalue weighted by atomic mass is 35.5. The van der Waals surface area contributed by atoms with Crippen molar-refractivity contribution in [1.82, 2.24) is 9.88 Å². The van der Waals surface area contributed by atoms with Gasteiger partial charge >= 0.3 is 0 Å². The minimum absolute atomic E-state index is 0. The molecule has 0 unspecified atom stereocenters. The maximum atomic E-state index is 5.84. The van der Waals surface area contributed by atoms with Gasteiger partial charge in [-0.15, -0.1) is 0 Å². The number of fused-ring (bicyclic) bond motifs is 1. The van der Waals surface area contributed by atoms with Gasteiger partial charge in [0.1, 0.15) is 6.61 Å². The minimum Gasteiger partial charge on any atom is -1.00 e. The fourth-order valence-electron chi connectivity index (χ4n) is 2.85. The molecule has 1 aromatic heterocycles. The number of hydrogen-bond acceptors (Lipinski definition) is 3. The number of benzene rings is 1. The van der Waals surface area contributed by atoms with Gasteiger partial charge in [0.2, 0.25) is 5.88 Å². The number of halogens is 1. The van der Waals surface area contributed by atoms with Gasteiger partial charge in [-0.3, -0.25) is 4.90 Å². The van der Waals surface area contributed by atoms with Crippen LogP contribution in [0, 0.1) is 6.92 Å². The van der Waals surface area contributed by atoms with Gasteiger partial charge in [-0.2, -0.15) is 0 Å². The summed E-state index contributed by atoms with van der Waals surface area (Å²) in [6.07, 6.45) is 4.03. The molecule has 2 heterocycles. The van der Waals surface area contributed by atoms with Crippen LogP contribution in [-0.2, 0) is 0 Å². The number of para-hydroxylation sites is 1. The van der Waals surface area contributed by atoms with E-state index in [1.54, 1.807) is 0 Å². The molecule has 21 heavy (non-hydrogen) atoms. The maximum absolute atomic E-state index is 5.84. The molecule has 0 atom stereocenters. The second kappa shape index (κ2) is 7.62. The zero-order valence-corrected chi connectivity index (χ0v) is 13.3. The monoisotopic (exact) mass is 305 g/mol. The van der Waals surface area contributed by atoms with E-state index in [1.807, 2.05) is 24.3 Å². The molecule has 0 aliphatic carbocycles. The summed E-state index contributed by atoms with van der Waals surface area (Å²) in [6.45, 7) is 6.28. The third-order valence-electron chi connectivity index (χ3n) is 4.01. The van der Waals surface area contributed by atoms with Crippen LogP contribution in [0.1, 0.15) is 24.8 Å². The van der Waals surface area contributed by atoms with E-state index in [2.05, 4.69) is 22.9 Å². The van der Waals surface area contributed by atoms with Crippen molar-refractivity contribution in [3.05, 3.63) is 35.9 Å². The second-order valence-corrected chi connectivity index (χ2v) is 5.55. The molecule has 0 radical (unpaired) electrons. The summed E-state index contributed by atoms with van der Waals surface area (Å²) in [4.78, 5) is 7.06. The van der Waals surface area contributed by atoms with Gasteiger partial charge in [-0.1, -0.05) is 24.6 Å². The maximum Gasteiger partial charge on any atom is 0.214 e. The lowest BCUT2D eigenvalue weighted by atomic mass is 10.1. The highest BCUT2D eigenvalue weighted by Gasteiger charge is 2.10. The van der Waals surface area contributed by atoms with Gasteiger partial charge in [-0.25, -0.2) is 4.98 Å². The number of hydrogen-bond donors (Lipinski definition) is 0. The average molecular weight is 306 g/mol. The van der Waals surface area contributed by atoms with E-state index < -0.39 is 0 Å². The van der Waals surface area contributed by atoms with Crippen molar-refractivity contribution >= 4 is 10.9 Å². The predicted octanol–water partition coefficient (Wildman–Crippen LogP) is 0.412. The molecule has 1 aliphatic heterocycles. The van der Waals surface area contributed by atoms with Crippen LogP contribution in [0.3, 0.4) is 0 Å². The predicted molar refractivity (Wildman–Crippen MR) is 82.3 cm³/mol. The smallest absolute Gasteiger partial charge is 0.214 e. The molecule has 3 nitrogen and oxygen atoms in total. The van der Waals surface area contributed by atoms with Crippen LogP contribution >= 0.6 is 0 Å². The second-order valence-electron chi connectivity index (χ2n) is 5.55.